The lowest BCUT2D eigenvalue weighted by atomic mass is 10.0. The Morgan fingerprint density at radius 2 is 1.57 bits per heavy atom. The number of hydrogen-bond donors (Lipinski definition) is 1. The predicted octanol–water partition coefficient (Wildman–Crippen LogP) is 6.97. The van der Waals surface area contributed by atoms with E-state index in [1.54, 1.807) is 12.1 Å². The molecular weight excluding hydrogens is 544 g/mol. The number of likely N-dealkylation sites (tertiary alicyclic amines) is 1. The molecule has 206 valence electrons. The van der Waals surface area contributed by atoms with E-state index >= 15 is 0 Å². The van der Waals surface area contributed by atoms with Gasteiger partial charge in [0.15, 0.2) is 0 Å². The first-order valence-corrected chi connectivity index (χ1v) is 14.4. The monoisotopic (exact) mass is 570 g/mol. The zero-order valence-corrected chi connectivity index (χ0v) is 23.6. The van der Waals surface area contributed by atoms with Crippen molar-refractivity contribution in [1.29, 1.82) is 5.26 Å². The van der Waals surface area contributed by atoms with Crippen LogP contribution in [0.25, 0.3) is 44.6 Å². The van der Waals surface area contributed by atoms with Crippen molar-refractivity contribution in [2.24, 2.45) is 0 Å². The molecule has 0 radical (unpaired) electrons. The Bertz CT molecular complexity index is 2020. The highest BCUT2D eigenvalue weighted by atomic mass is 35.5. The molecular formula is C34H27ClN6O. The number of piperidine rings is 1. The number of nitriles is 1. The number of nitrogens with one attached hydrogen (secondary N) is 1. The highest BCUT2D eigenvalue weighted by Crippen LogP contribution is 2.32. The summed E-state index contributed by atoms with van der Waals surface area (Å²) in [6, 6.07) is 31.9. The number of nitrogens with zero attached hydrogens (tertiary/aromatic N) is 5. The summed E-state index contributed by atoms with van der Waals surface area (Å²) >= 11 is 6.12. The molecule has 1 aliphatic rings. The first-order valence-electron chi connectivity index (χ1n) is 14.0. The van der Waals surface area contributed by atoms with E-state index in [1.807, 2.05) is 59.2 Å². The molecule has 6 aromatic rings. The van der Waals surface area contributed by atoms with Crippen LogP contribution in [0.4, 0.5) is 0 Å². The standard InChI is InChI=1S/C34H27ClN6O/c35-26-11-13-31-30(19-26)39-34(42)41(31)27-14-16-40(17-15-27)21-22-6-9-25(10-7-22)33-32(24-4-2-1-3-5-24)38-29-18-23(20-36)8-12-28(29)37-33/h1-13,18-19,27H,14-17,21H2,(H,39,42). The number of imidazole rings is 1. The Morgan fingerprint density at radius 3 is 2.31 bits per heavy atom. The minimum atomic E-state index is -0.0709. The molecule has 7 rings (SSSR count). The molecule has 42 heavy (non-hydrogen) atoms. The summed E-state index contributed by atoms with van der Waals surface area (Å²) < 4.78 is 1.90. The van der Waals surface area contributed by atoms with Crippen LogP contribution in [-0.4, -0.2) is 37.5 Å². The van der Waals surface area contributed by atoms with Gasteiger partial charge in [0.25, 0.3) is 0 Å². The maximum absolute atomic E-state index is 12.7. The summed E-state index contributed by atoms with van der Waals surface area (Å²) in [7, 11) is 0. The lowest BCUT2D eigenvalue weighted by Crippen LogP contribution is -2.36. The number of aromatic nitrogens is 4. The summed E-state index contributed by atoms with van der Waals surface area (Å²) in [4.78, 5) is 28.0. The Morgan fingerprint density at radius 1 is 0.857 bits per heavy atom. The average molecular weight is 571 g/mol. The van der Waals surface area contributed by atoms with E-state index in [0.29, 0.717) is 16.1 Å². The molecule has 0 spiro atoms. The molecule has 7 nitrogen and oxygen atoms in total. The number of hydrogen-bond acceptors (Lipinski definition) is 5. The van der Waals surface area contributed by atoms with Gasteiger partial charge in [-0.15, -0.1) is 0 Å². The number of rotatable bonds is 5. The molecule has 2 aromatic heterocycles. The summed E-state index contributed by atoms with van der Waals surface area (Å²) in [5.41, 5.74) is 8.47. The van der Waals surface area contributed by atoms with Crippen LogP contribution in [0.15, 0.2) is 95.8 Å². The van der Waals surface area contributed by atoms with Gasteiger partial charge >= 0.3 is 5.69 Å². The SMILES string of the molecule is N#Cc1ccc2nc(-c3ccc(CN4CCC(n5c(=O)[nH]c6cc(Cl)ccc65)CC4)cc3)c(-c3ccccc3)nc2c1. The highest BCUT2D eigenvalue weighted by Gasteiger charge is 2.24. The van der Waals surface area contributed by atoms with Crippen molar-refractivity contribution >= 4 is 33.7 Å². The molecule has 1 aliphatic heterocycles. The first-order chi connectivity index (χ1) is 20.6. The van der Waals surface area contributed by atoms with Gasteiger partial charge in [0.1, 0.15) is 0 Å². The Hall–Kier alpha value is -4.77. The summed E-state index contributed by atoms with van der Waals surface area (Å²) in [6.07, 6.45) is 1.82. The van der Waals surface area contributed by atoms with Crippen molar-refractivity contribution in [2.75, 3.05) is 13.1 Å². The van der Waals surface area contributed by atoms with Gasteiger partial charge in [0.2, 0.25) is 0 Å². The van der Waals surface area contributed by atoms with Crippen molar-refractivity contribution in [3.05, 3.63) is 118 Å². The zero-order chi connectivity index (χ0) is 28.6. The smallest absolute Gasteiger partial charge is 0.305 e. The molecule has 3 heterocycles. The van der Waals surface area contributed by atoms with Gasteiger partial charge in [-0.2, -0.15) is 5.26 Å². The Balaban J connectivity index is 1.10. The van der Waals surface area contributed by atoms with Crippen LogP contribution in [-0.2, 0) is 6.54 Å². The topological polar surface area (TPSA) is 90.6 Å². The molecule has 0 unspecified atom stereocenters. The summed E-state index contributed by atoms with van der Waals surface area (Å²) in [6.45, 7) is 2.67. The van der Waals surface area contributed by atoms with Crippen LogP contribution >= 0.6 is 11.6 Å². The molecule has 4 aromatic carbocycles. The fourth-order valence-electron chi connectivity index (χ4n) is 5.95. The van der Waals surface area contributed by atoms with Crippen LogP contribution in [0.3, 0.4) is 0 Å². The van der Waals surface area contributed by atoms with Gasteiger partial charge < -0.3 is 4.98 Å². The molecule has 0 atom stereocenters. The van der Waals surface area contributed by atoms with Crippen molar-refractivity contribution in [1.82, 2.24) is 24.4 Å². The quantitative estimate of drug-likeness (QED) is 0.242. The number of benzene rings is 4. The van der Waals surface area contributed by atoms with Crippen molar-refractivity contribution in [3.63, 3.8) is 0 Å². The normalized spacial score (nSPS) is 14.4. The second-order valence-corrected chi connectivity index (χ2v) is 11.2. The van der Waals surface area contributed by atoms with Gasteiger partial charge in [-0.3, -0.25) is 9.47 Å². The third-order valence-corrected chi connectivity index (χ3v) is 8.31. The van der Waals surface area contributed by atoms with E-state index in [1.165, 1.54) is 5.56 Å². The maximum atomic E-state index is 12.7. The van der Waals surface area contributed by atoms with Crippen LogP contribution in [0, 0.1) is 11.3 Å². The Kier molecular flexibility index (Phi) is 6.79. The molecule has 1 fully saturated rings. The van der Waals surface area contributed by atoms with Gasteiger partial charge in [0, 0.05) is 41.8 Å². The molecule has 0 aliphatic carbocycles. The van der Waals surface area contributed by atoms with Gasteiger partial charge in [0.05, 0.1) is 45.1 Å². The van der Waals surface area contributed by atoms with Crippen LogP contribution in [0.1, 0.15) is 30.0 Å². The number of halogens is 1. The van der Waals surface area contributed by atoms with E-state index in [9.17, 15) is 10.1 Å². The summed E-state index contributed by atoms with van der Waals surface area (Å²) in [5.74, 6) is 0. The first kappa shape index (κ1) is 26.1. The van der Waals surface area contributed by atoms with E-state index in [2.05, 4.69) is 40.2 Å². The minimum absolute atomic E-state index is 0.0709. The maximum Gasteiger partial charge on any atom is 0.326 e. The average Bonchev–Trinajstić information content (AvgIpc) is 3.36. The molecule has 1 saturated heterocycles. The molecule has 8 heteroatoms. The third-order valence-electron chi connectivity index (χ3n) is 8.07. The lowest BCUT2D eigenvalue weighted by Gasteiger charge is -2.32. The zero-order valence-electron chi connectivity index (χ0n) is 22.8. The van der Waals surface area contributed by atoms with E-state index in [-0.39, 0.29) is 11.7 Å². The van der Waals surface area contributed by atoms with Crippen LogP contribution < -0.4 is 5.69 Å². The fourth-order valence-corrected chi connectivity index (χ4v) is 6.12. The largest absolute Gasteiger partial charge is 0.326 e. The van der Waals surface area contributed by atoms with Crippen molar-refractivity contribution in [2.45, 2.75) is 25.4 Å². The summed E-state index contributed by atoms with van der Waals surface area (Å²) in [5, 5.41) is 9.97. The number of fused-ring (bicyclic) bond motifs is 2. The van der Waals surface area contributed by atoms with E-state index in [0.717, 1.165) is 71.5 Å². The second kappa shape index (κ2) is 10.9. The Labute approximate surface area is 247 Å². The molecule has 0 bridgehead atoms. The molecule has 1 N–H and O–H groups in total. The van der Waals surface area contributed by atoms with E-state index < -0.39 is 0 Å². The van der Waals surface area contributed by atoms with Gasteiger partial charge in [-0.25, -0.2) is 14.8 Å². The van der Waals surface area contributed by atoms with Crippen molar-refractivity contribution in [3.8, 4) is 28.6 Å². The highest BCUT2D eigenvalue weighted by molar-refractivity contribution is 6.31. The lowest BCUT2D eigenvalue weighted by molar-refractivity contribution is 0.180. The number of H-pyrrole nitrogens is 1. The molecule has 0 saturated carbocycles. The minimum Gasteiger partial charge on any atom is -0.305 e. The van der Waals surface area contributed by atoms with Gasteiger partial charge in [-0.1, -0.05) is 66.2 Å². The van der Waals surface area contributed by atoms with E-state index in [4.69, 9.17) is 21.6 Å². The number of aromatic amines is 1. The fraction of sp³-hybridized carbons (Fsp3) is 0.176. The third kappa shape index (κ3) is 4.96. The molecule has 0 amide bonds. The van der Waals surface area contributed by atoms with Crippen LogP contribution in [0.5, 0.6) is 0 Å². The predicted molar refractivity (Wildman–Crippen MR) is 166 cm³/mol. The van der Waals surface area contributed by atoms with Crippen molar-refractivity contribution < 1.29 is 0 Å². The van der Waals surface area contributed by atoms with Gasteiger partial charge in [-0.05, 0) is 54.8 Å². The second-order valence-electron chi connectivity index (χ2n) is 10.8. The van der Waals surface area contributed by atoms with Crippen LogP contribution in [0.2, 0.25) is 5.02 Å².